The molecule has 0 N–H and O–H groups in total. The SMILES string of the molecule is CCCOc1ccc(/C=C/C(=O)N2CCCN(c3ccc(C(F)(F)F)cn3)CC2)cc1OC. The molecule has 178 valence electrons. The molecule has 6 nitrogen and oxygen atoms in total. The Bertz CT molecular complexity index is 962. The van der Waals surface area contributed by atoms with E-state index in [1.807, 2.05) is 30.0 Å². The molecule has 9 heteroatoms. The Balaban J connectivity index is 1.60. The summed E-state index contributed by atoms with van der Waals surface area (Å²) in [6, 6.07) is 7.90. The van der Waals surface area contributed by atoms with Crippen molar-refractivity contribution in [2.75, 3.05) is 44.8 Å². The fourth-order valence-corrected chi connectivity index (χ4v) is 3.50. The molecule has 1 aromatic carbocycles. The van der Waals surface area contributed by atoms with Crippen LogP contribution in [0.4, 0.5) is 19.0 Å². The number of rotatable bonds is 7. The van der Waals surface area contributed by atoms with Crippen molar-refractivity contribution in [3.63, 3.8) is 0 Å². The van der Waals surface area contributed by atoms with Crippen LogP contribution in [-0.4, -0.2) is 55.7 Å². The molecule has 0 radical (unpaired) electrons. The highest BCUT2D eigenvalue weighted by Crippen LogP contribution is 2.30. The number of ether oxygens (including phenoxy) is 2. The Labute approximate surface area is 191 Å². The minimum absolute atomic E-state index is 0.123. The Morgan fingerprint density at radius 3 is 2.61 bits per heavy atom. The van der Waals surface area contributed by atoms with E-state index in [2.05, 4.69) is 4.98 Å². The molecule has 3 rings (SSSR count). The van der Waals surface area contributed by atoms with E-state index in [0.717, 1.165) is 24.2 Å². The Hall–Kier alpha value is -3.23. The third kappa shape index (κ3) is 6.63. The number of aromatic nitrogens is 1. The van der Waals surface area contributed by atoms with Crippen molar-refractivity contribution in [3.05, 3.63) is 53.7 Å². The first-order chi connectivity index (χ1) is 15.8. The molecule has 0 atom stereocenters. The van der Waals surface area contributed by atoms with Crippen LogP contribution in [0.1, 0.15) is 30.9 Å². The van der Waals surface area contributed by atoms with Gasteiger partial charge in [-0.05, 0) is 48.7 Å². The first-order valence-corrected chi connectivity index (χ1v) is 10.9. The highest BCUT2D eigenvalue weighted by Gasteiger charge is 2.31. The van der Waals surface area contributed by atoms with E-state index in [1.54, 1.807) is 18.1 Å². The third-order valence-corrected chi connectivity index (χ3v) is 5.27. The summed E-state index contributed by atoms with van der Waals surface area (Å²) in [5.74, 6) is 1.62. The summed E-state index contributed by atoms with van der Waals surface area (Å²) in [6.07, 6.45) is 1.27. The van der Waals surface area contributed by atoms with E-state index in [4.69, 9.17) is 9.47 Å². The van der Waals surface area contributed by atoms with Crippen LogP contribution in [0.25, 0.3) is 6.08 Å². The van der Waals surface area contributed by atoms with Gasteiger partial charge < -0.3 is 19.3 Å². The lowest BCUT2D eigenvalue weighted by molar-refractivity contribution is -0.137. The number of methoxy groups -OCH3 is 1. The van der Waals surface area contributed by atoms with Crippen LogP contribution in [0.5, 0.6) is 11.5 Å². The number of amides is 1. The minimum atomic E-state index is -4.41. The summed E-state index contributed by atoms with van der Waals surface area (Å²) in [4.78, 5) is 20.3. The maximum Gasteiger partial charge on any atom is 0.417 e. The standard InChI is InChI=1S/C24H28F3N3O3/c1-3-15-33-20-8-5-18(16-21(20)32-2)6-10-23(31)30-12-4-11-29(13-14-30)22-9-7-19(17-28-22)24(25,26)27/h5-10,16-17H,3-4,11-15H2,1-2H3/b10-6+. The number of anilines is 1. The van der Waals surface area contributed by atoms with Gasteiger partial charge in [-0.1, -0.05) is 13.0 Å². The first-order valence-electron chi connectivity index (χ1n) is 10.9. The summed E-state index contributed by atoms with van der Waals surface area (Å²) < 4.78 is 49.3. The summed E-state index contributed by atoms with van der Waals surface area (Å²) in [7, 11) is 1.57. The van der Waals surface area contributed by atoms with E-state index in [9.17, 15) is 18.0 Å². The number of hydrogen-bond acceptors (Lipinski definition) is 5. The molecule has 1 aliphatic heterocycles. The Morgan fingerprint density at radius 2 is 1.94 bits per heavy atom. The lowest BCUT2D eigenvalue weighted by atomic mass is 10.2. The van der Waals surface area contributed by atoms with E-state index < -0.39 is 11.7 Å². The van der Waals surface area contributed by atoms with Gasteiger partial charge in [0.1, 0.15) is 5.82 Å². The molecule has 2 aromatic rings. The van der Waals surface area contributed by atoms with Gasteiger partial charge in [-0.2, -0.15) is 13.2 Å². The van der Waals surface area contributed by atoms with Crippen LogP contribution in [0.15, 0.2) is 42.6 Å². The first kappa shape index (κ1) is 24.4. The van der Waals surface area contributed by atoms with Crippen molar-refractivity contribution < 1.29 is 27.4 Å². The zero-order valence-corrected chi connectivity index (χ0v) is 18.8. The van der Waals surface area contributed by atoms with Crippen molar-refractivity contribution in [2.45, 2.75) is 25.9 Å². The van der Waals surface area contributed by atoms with E-state index in [1.165, 1.54) is 12.1 Å². The molecule has 0 saturated carbocycles. The van der Waals surface area contributed by atoms with E-state index >= 15 is 0 Å². The molecule has 33 heavy (non-hydrogen) atoms. The summed E-state index contributed by atoms with van der Waals surface area (Å²) in [6.45, 7) is 4.75. The van der Waals surface area contributed by atoms with Crippen molar-refractivity contribution in [3.8, 4) is 11.5 Å². The molecule has 1 fully saturated rings. The number of pyridine rings is 1. The van der Waals surface area contributed by atoms with Gasteiger partial charge in [-0.25, -0.2) is 4.98 Å². The highest BCUT2D eigenvalue weighted by molar-refractivity contribution is 5.92. The topological polar surface area (TPSA) is 54.9 Å². The normalized spacial score (nSPS) is 14.9. The van der Waals surface area contributed by atoms with Gasteiger partial charge in [-0.15, -0.1) is 0 Å². The van der Waals surface area contributed by atoms with Crippen LogP contribution in [0.2, 0.25) is 0 Å². The molecule has 0 bridgehead atoms. The van der Waals surface area contributed by atoms with Crippen molar-refractivity contribution >= 4 is 17.8 Å². The number of carbonyl (C=O) groups excluding carboxylic acids is 1. The molecular weight excluding hydrogens is 435 g/mol. The predicted molar refractivity (Wildman–Crippen MR) is 120 cm³/mol. The highest BCUT2D eigenvalue weighted by atomic mass is 19.4. The largest absolute Gasteiger partial charge is 0.493 e. The number of carbonyl (C=O) groups is 1. The predicted octanol–water partition coefficient (Wildman–Crippen LogP) is 4.65. The summed E-state index contributed by atoms with van der Waals surface area (Å²) in [5.41, 5.74) is 0.0408. The van der Waals surface area contributed by atoms with Crippen LogP contribution >= 0.6 is 0 Å². The Morgan fingerprint density at radius 1 is 1.12 bits per heavy atom. The van der Waals surface area contributed by atoms with Crippen LogP contribution < -0.4 is 14.4 Å². The number of alkyl halides is 3. The zero-order valence-electron chi connectivity index (χ0n) is 18.8. The molecule has 0 spiro atoms. The molecule has 1 aromatic heterocycles. The molecule has 1 saturated heterocycles. The smallest absolute Gasteiger partial charge is 0.417 e. The molecule has 0 unspecified atom stereocenters. The monoisotopic (exact) mass is 463 g/mol. The fourth-order valence-electron chi connectivity index (χ4n) is 3.50. The molecule has 1 amide bonds. The summed E-state index contributed by atoms with van der Waals surface area (Å²) in [5, 5.41) is 0. The zero-order chi connectivity index (χ0) is 23.8. The van der Waals surface area contributed by atoms with Crippen molar-refractivity contribution in [1.82, 2.24) is 9.88 Å². The van der Waals surface area contributed by atoms with Gasteiger partial charge in [0.2, 0.25) is 5.91 Å². The number of hydrogen-bond donors (Lipinski definition) is 0. The van der Waals surface area contributed by atoms with Gasteiger partial charge in [0.15, 0.2) is 11.5 Å². The average molecular weight is 464 g/mol. The van der Waals surface area contributed by atoms with E-state index in [0.29, 0.717) is 56.5 Å². The molecule has 1 aliphatic rings. The van der Waals surface area contributed by atoms with Gasteiger partial charge in [-0.3, -0.25) is 4.79 Å². The maximum atomic E-state index is 12.8. The van der Waals surface area contributed by atoms with Crippen LogP contribution in [0, 0.1) is 0 Å². The second kappa shape index (κ2) is 11.1. The van der Waals surface area contributed by atoms with Crippen LogP contribution in [0.3, 0.4) is 0 Å². The van der Waals surface area contributed by atoms with Gasteiger partial charge in [0, 0.05) is 38.5 Å². The van der Waals surface area contributed by atoms with Crippen LogP contribution in [-0.2, 0) is 11.0 Å². The summed E-state index contributed by atoms with van der Waals surface area (Å²) >= 11 is 0. The van der Waals surface area contributed by atoms with Crippen molar-refractivity contribution in [1.29, 1.82) is 0 Å². The fraction of sp³-hybridized carbons (Fsp3) is 0.417. The molecule has 2 heterocycles. The van der Waals surface area contributed by atoms with Crippen molar-refractivity contribution in [2.24, 2.45) is 0 Å². The Kier molecular flexibility index (Phi) is 8.19. The minimum Gasteiger partial charge on any atom is -0.493 e. The quantitative estimate of drug-likeness (QED) is 0.560. The van der Waals surface area contributed by atoms with E-state index in [-0.39, 0.29) is 5.91 Å². The molecular formula is C24H28F3N3O3. The number of benzene rings is 1. The maximum absolute atomic E-state index is 12.8. The second-order valence-corrected chi connectivity index (χ2v) is 7.66. The average Bonchev–Trinajstić information content (AvgIpc) is 3.07. The lowest BCUT2D eigenvalue weighted by Gasteiger charge is -2.22. The van der Waals surface area contributed by atoms with Gasteiger partial charge in [0.25, 0.3) is 0 Å². The third-order valence-electron chi connectivity index (χ3n) is 5.27. The number of halogens is 3. The van der Waals surface area contributed by atoms with Gasteiger partial charge in [0.05, 0.1) is 19.3 Å². The lowest BCUT2D eigenvalue weighted by Crippen LogP contribution is -2.34. The van der Waals surface area contributed by atoms with Gasteiger partial charge >= 0.3 is 6.18 Å². The number of nitrogens with zero attached hydrogens (tertiary/aromatic N) is 3. The second-order valence-electron chi connectivity index (χ2n) is 7.66. The molecule has 0 aliphatic carbocycles.